The molecule has 0 bridgehead atoms. The molecule has 0 aliphatic carbocycles. The van der Waals surface area contributed by atoms with Crippen LogP contribution in [0, 0.1) is 0 Å². The van der Waals surface area contributed by atoms with Gasteiger partial charge in [-0.3, -0.25) is 14.2 Å². The molecule has 0 fully saturated rings. The summed E-state index contributed by atoms with van der Waals surface area (Å²) in [7, 11) is 0. The topological polar surface area (TPSA) is 61.2 Å². The van der Waals surface area contributed by atoms with Crippen molar-refractivity contribution in [1.82, 2.24) is 9.55 Å². The van der Waals surface area contributed by atoms with Crippen LogP contribution >= 0.6 is 11.8 Å². The Morgan fingerprint density at radius 3 is 2.48 bits per heavy atom. The molecule has 0 aliphatic rings. The minimum atomic E-state index is -0.358. The first-order valence-corrected chi connectivity index (χ1v) is 10.7. The molecule has 0 saturated heterocycles. The van der Waals surface area contributed by atoms with Crippen LogP contribution < -0.4 is 5.56 Å². The van der Waals surface area contributed by atoms with Gasteiger partial charge in [0.25, 0.3) is 5.56 Å². The van der Waals surface area contributed by atoms with E-state index < -0.39 is 0 Å². The van der Waals surface area contributed by atoms with E-state index in [0.717, 1.165) is 0 Å². The minimum absolute atomic E-state index is 0.0210. The number of ether oxygens (including phenoxy) is 1. The van der Waals surface area contributed by atoms with Gasteiger partial charge in [-0.05, 0) is 39.3 Å². The fourth-order valence-electron chi connectivity index (χ4n) is 3.03. The average Bonchev–Trinajstić information content (AvgIpc) is 2.72. The van der Waals surface area contributed by atoms with Gasteiger partial charge in [-0.2, -0.15) is 0 Å². The Hall–Kier alpha value is -2.44. The van der Waals surface area contributed by atoms with Crippen molar-refractivity contribution in [3.8, 4) is 0 Å². The van der Waals surface area contributed by atoms with Crippen molar-refractivity contribution in [3.63, 3.8) is 0 Å². The molecule has 6 heteroatoms. The maximum atomic E-state index is 13.1. The van der Waals surface area contributed by atoms with E-state index in [-0.39, 0.29) is 22.7 Å². The number of nitrogens with zero attached hydrogens (tertiary/aromatic N) is 2. The van der Waals surface area contributed by atoms with Gasteiger partial charge in [0.05, 0.1) is 22.3 Å². The second kappa shape index (κ2) is 9.85. The number of carbonyl (C=O) groups excluding carboxylic acids is 1. The van der Waals surface area contributed by atoms with Crippen LogP contribution in [0.5, 0.6) is 0 Å². The molecule has 0 spiro atoms. The highest BCUT2D eigenvalue weighted by molar-refractivity contribution is 8.00. The van der Waals surface area contributed by atoms with Gasteiger partial charge in [-0.1, -0.05) is 54.2 Å². The highest BCUT2D eigenvalue weighted by Gasteiger charge is 2.20. The number of ketones is 1. The van der Waals surface area contributed by atoms with Crippen LogP contribution in [0.1, 0.15) is 37.6 Å². The van der Waals surface area contributed by atoms with Gasteiger partial charge in [0.2, 0.25) is 0 Å². The summed E-state index contributed by atoms with van der Waals surface area (Å²) in [4.78, 5) is 30.6. The monoisotopic (exact) mass is 410 g/mol. The van der Waals surface area contributed by atoms with Crippen molar-refractivity contribution in [3.05, 3.63) is 70.5 Å². The largest absolute Gasteiger partial charge is 0.379 e. The van der Waals surface area contributed by atoms with Gasteiger partial charge in [0.1, 0.15) is 0 Å². The van der Waals surface area contributed by atoms with Gasteiger partial charge in [0.15, 0.2) is 10.9 Å². The number of rotatable bonds is 9. The molecule has 1 unspecified atom stereocenters. The second-order valence-electron chi connectivity index (χ2n) is 7.13. The third-order valence-corrected chi connectivity index (χ3v) is 5.60. The van der Waals surface area contributed by atoms with E-state index >= 15 is 0 Å². The number of para-hydroxylation sites is 1. The first-order chi connectivity index (χ1) is 14.0. The van der Waals surface area contributed by atoms with E-state index in [0.29, 0.717) is 41.2 Å². The quantitative estimate of drug-likeness (QED) is 0.224. The molecule has 2 aromatic carbocycles. The average molecular weight is 411 g/mol. The number of hydrogen-bond acceptors (Lipinski definition) is 5. The standard InChI is InChI=1S/C23H26N2O3S/c1-16(2)28-15-9-14-25-22(27)19-12-7-8-13-20(19)24-23(25)29-17(3)21(26)18-10-5-4-6-11-18/h4-8,10-13,16-17H,9,14-15H2,1-3H3. The molecule has 0 aliphatic heterocycles. The predicted molar refractivity (Wildman–Crippen MR) is 118 cm³/mol. The Bertz CT molecular complexity index is 1030. The highest BCUT2D eigenvalue weighted by atomic mass is 32.2. The van der Waals surface area contributed by atoms with E-state index in [9.17, 15) is 9.59 Å². The van der Waals surface area contributed by atoms with Gasteiger partial charge < -0.3 is 4.74 Å². The minimum Gasteiger partial charge on any atom is -0.379 e. The van der Waals surface area contributed by atoms with Crippen molar-refractivity contribution in [1.29, 1.82) is 0 Å². The van der Waals surface area contributed by atoms with Gasteiger partial charge in [-0.15, -0.1) is 0 Å². The third-order valence-electron chi connectivity index (χ3n) is 4.51. The fraction of sp³-hybridized carbons (Fsp3) is 0.348. The number of carbonyl (C=O) groups is 1. The summed E-state index contributed by atoms with van der Waals surface area (Å²) in [5, 5.41) is 0.794. The molecule has 3 aromatic rings. The van der Waals surface area contributed by atoms with Crippen LogP contribution in [0.25, 0.3) is 10.9 Å². The first-order valence-electron chi connectivity index (χ1n) is 9.84. The smallest absolute Gasteiger partial charge is 0.262 e. The Balaban J connectivity index is 1.89. The fourth-order valence-corrected chi connectivity index (χ4v) is 4.04. The first kappa shape index (κ1) is 21.3. The van der Waals surface area contributed by atoms with Gasteiger partial charge >= 0.3 is 0 Å². The molecule has 0 saturated carbocycles. The summed E-state index contributed by atoms with van der Waals surface area (Å²) in [5.74, 6) is 0.0210. The Kier molecular flexibility index (Phi) is 7.23. The van der Waals surface area contributed by atoms with Crippen molar-refractivity contribution in [2.24, 2.45) is 0 Å². The highest BCUT2D eigenvalue weighted by Crippen LogP contribution is 2.25. The van der Waals surface area contributed by atoms with Crippen molar-refractivity contribution >= 4 is 28.4 Å². The van der Waals surface area contributed by atoms with E-state index in [2.05, 4.69) is 0 Å². The molecule has 0 radical (unpaired) electrons. The molecular formula is C23H26N2O3S. The lowest BCUT2D eigenvalue weighted by Crippen LogP contribution is -2.26. The molecule has 5 nitrogen and oxygen atoms in total. The van der Waals surface area contributed by atoms with Crippen molar-refractivity contribution < 1.29 is 9.53 Å². The Morgan fingerprint density at radius 1 is 1.07 bits per heavy atom. The number of aromatic nitrogens is 2. The maximum absolute atomic E-state index is 13.1. The summed E-state index contributed by atoms with van der Waals surface area (Å²) < 4.78 is 7.28. The van der Waals surface area contributed by atoms with E-state index in [1.807, 2.05) is 69.3 Å². The van der Waals surface area contributed by atoms with Gasteiger partial charge in [0, 0.05) is 18.7 Å². The summed E-state index contributed by atoms with van der Waals surface area (Å²) in [6.07, 6.45) is 0.853. The molecule has 1 atom stereocenters. The molecule has 0 N–H and O–H groups in total. The maximum Gasteiger partial charge on any atom is 0.262 e. The molecule has 152 valence electrons. The lowest BCUT2D eigenvalue weighted by molar-refractivity contribution is 0.0743. The molecule has 1 aromatic heterocycles. The zero-order chi connectivity index (χ0) is 20.8. The normalized spacial score (nSPS) is 12.4. The van der Waals surface area contributed by atoms with Crippen LogP contribution in [-0.4, -0.2) is 33.3 Å². The molecular weight excluding hydrogens is 384 g/mol. The SMILES string of the molecule is CC(C)OCCCn1c(SC(C)C(=O)c2ccccc2)nc2ccccc2c1=O. The van der Waals surface area contributed by atoms with Crippen LogP contribution in [0.2, 0.25) is 0 Å². The van der Waals surface area contributed by atoms with Crippen LogP contribution in [0.4, 0.5) is 0 Å². The second-order valence-corrected chi connectivity index (χ2v) is 8.44. The number of hydrogen-bond donors (Lipinski definition) is 0. The van der Waals surface area contributed by atoms with E-state index in [1.165, 1.54) is 11.8 Å². The lowest BCUT2D eigenvalue weighted by Gasteiger charge is -2.16. The number of thioether (sulfide) groups is 1. The number of benzene rings is 2. The zero-order valence-corrected chi connectivity index (χ0v) is 17.8. The van der Waals surface area contributed by atoms with E-state index in [1.54, 1.807) is 10.6 Å². The molecule has 1 heterocycles. The predicted octanol–water partition coefficient (Wildman–Crippen LogP) is 4.58. The van der Waals surface area contributed by atoms with Crippen molar-refractivity contribution in [2.45, 2.75) is 50.2 Å². The van der Waals surface area contributed by atoms with Crippen LogP contribution in [0.15, 0.2) is 64.5 Å². The Labute approximate surface area is 175 Å². The summed E-state index contributed by atoms with van der Waals surface area (Å²) in [6, 6.07) is 16.5. The number of fused-ring (bicyclic) bond motifs is 1. The number of Topliss-reactive ketones (excluding diaryl/α,β-unsaturated/α-hetero) is 1. The summed E-state index contributed by atoms with van der Waals surface area (Å²) in [5.41, 5.74) is 1.23. The van der Waals surface area contributed by atoms with Crippen molar-refractivity contribution in [2.75, 3.05) is 6.61 Å². The van der Waals surface area contributed by atoms with Gasteiger partial charge in [-0.25, -0.2) is 4.98 Å². The zero-order valence-electron chi connectivity index (χ0n) is 17.0. The van der Waals surface area contributed by atoms with E-state index in [4.69, 9.17) is 9.72 Å². The molecule has 0 amide bonds. The summed E-state index contributed by atoms with van der Waals surface area (Å²) >= 11 is 1.33. The van der Waals surface area contributed by atoms with Crippen LogP contribution in [-0.2, 0) is 11.3 Å². The Morgan fingerprint density at radius 2 is 1.76 bits per heavy atom. The lowest BCUT2D eigenvalue weighted by atomic mass is 10.1. The van der Waals surface area contributed by atoms with Crippen LogP contribution in [0.3, 0.4) is 0 Å². The molecule has 29 heavy (non-hydrogen) atoms. The summed E-state index contributed by atoms with van der Waals surface area (Å²) in [6.45, 7) is 6.90. The molecule has 3 rings (SSSR count). The third kappa shape index (κ3) is 5.34.